The van der Waals surface area contributed by atoms with Gasteiger partial charge >= 0.3 is 5.97 Å². The van der Waals surface area contributed by atoms with Crippen LogP contribution in [0.25, 0.3) is 11.1 Å². The average Bonchev–Trinajstić information content (AvgIpc) is 3.29. The van der Waals surface area contributed by atoms with Crippen LogP contribution in [-0.4, -0.2) is 12.6 Å². The number of nitrogens with two attached hydrogens (primary N) is 1. The van der Waals surface area contributed by atoms with Gasteiger partial charge in [0.05, 0.1) is 12.2 Å². The minimum absolute atomic E-state index is 0.281. The van der Waals surface area contributed by atoms with Crippen LogP contribution in [0, 0.1) is 5.82 Å². The number of halogens is 2. The van der Waals surface area contributed by atoms with E-state index in [-0.39, 0.29) is 5.82 Å². The van der Waals surface area contributed by atoms with Crippen molar-refractivity contribution in [1.82, 2.24) is 0 Å². The van der Waals surface area contributed by atoms with Gasteiger partial charge in [-0.3, -0.25) is 0 Å². The molecule has 0 heterocycles. The molecule has 33 heavy (non-hydrogen) atoms. The van der Waals surface area contributed by atoms with Crippen molar-refractivity contribution < 1.29 is 18.7 Å². The zero-order valence-corrected chi connectivity index (χ0v) is 19.1. The Hall–Kier alpha value is -3.31. The Morgan fingerprint density at radius 3 is 2.55 bits per heavy atom. The molecule has 0 fully saturated rings. The zero-order valence-electron chi connectivity index (χ0n) is 18.4. The first-order valence-corrected chi connectivity index (χ1v) is 11.3. The number of esters is 1. The minimum Gasteiger partial charge on any atom is -0.488 e. The fourth-order valence-corrected chi connectivity index (χ4v) is 4.30. The fraction of sp³-hybridized carbons (Fsp3) is 0.222. The number of hydrogen-bond acceptors (Lipinski definition) is 4. The van der Waals surface area contributed by atoms with Crippen LogP contribution >= 0.6 is 11.6 Å². The Balaban J connectivity index is 1.71. The molecule has 6 heteroatoms. The maximum atomic E-state index is 13.2. The highest BCUT2D eigenvalue weighted by molar-refractivity contribution is 6.30. The quantitative estimate of drug-likeness (QED) is 0.304. The van der Waals surface area contributed by atoms with Gasteiger partial charge in [0.1, 0.15) is 18.2 Å². The highest BCUT2D eigenvalue weighted by atomic mass is 35.5. The molecule has 0 bridgehead atoms. The van der Waals surface area contributed by atoms with Crippen molar-refractivity contribution in [3.05, 3.63) is 93.8 Å². The summed E-state index contributed by atoms with van der Waals surface area (Å²) < 4.78 is 24.5. The Bertz CT molecular complexity index is 1200. The normalized spacial score (nSPS) is 13.3. The van der Waals surface area contributed by atoms with E-state index >= 15 is 0 Å². The van der Waals surface area contributed by atoms with Gasteiger partial charge in [0, 0.05) is 16.3 Å². The molecule has 0 saturated carbocycles. The van der Waals surface area contributed by atoms with E-state index in [1.54, 1.807) is 31.2 Å². The van der Waals surface area contributed by atoms with E-state index in [0.717, 1.165) is 47.1 Å². The summed E-state index contributed by atoms with van der Waals surface area (Å²) in [5.41, 5.74) is 12.0. The molecule has 3 aromatic rings. The van der Waals surface area contributed by atoms with Crippen molar-refractivity contribution in [3.63, 3.8) is 0 Å². The van der Waals surface area contributed by atoms with Crippen LogP contribution in [0.15, 0.2) is 60.7 Å². The van der Waals surface area contributed by atoms with Crippen molar-refractivity contribution in [2.24, 2.45) is 0 Å². The molecule has 0 spiro atoms. The van der Waals surface area contributed by atoms with Crippen molar-refractivity contribution in [2.75, 3.05) is 12.3 Å². The summed E-state index contributed by atoms with van der Waals surface area (Å²) in [6.07, 6.45) is 2.68. The van der Waals surface area contributed by atoms with E-state index in [1.165, 1.54) is 12.1 Å². The lowest BCUT2D eigenvalue weighted by molar-refractivity contribution is 0.0526. The maximum Gasteiger partial charge on any atom is 0.338 e. The van der Waals surface area contributed by atoms with Gasteiger partial charge in [-0.25, -0.2) is 9.18 Å². The number of nitrogen functional groups attached to an aromatic ring is 1. The molecule has 1 aliphatic rings. The van der Waals surface area contributed by atoms with Crippen molar-refractivity contribution in [2.45, 2.75) is 32.8 Å². The molecule has 0 unspecified atom stereocenters. The summed E-state index contributed by atoms with van der Waals surface area (Å²) in [5, 5.41) is 0.609. The Kier molecular flexibility index (Phi) is 6.99. The lowest BCUT2D eigenvalue weighted by atomic mass is 9.95. The molecular weight excluding hydrogens is 441 g/mol. The third kappa shape index (κ3) is 5.37. The van der Waals surface area contributed by atoms with Gasteiger partial charge in [-0.2, -0.15) is 0 Å². The van der Waals surface area contributed by atoms with Crippen LogP contribution in [0.4, 0.5) is 10.1 Å². The second kappa shape index (κ2) is 10.1. The number of carbonyl (C=O) groups is 1. The Morgan fingerprint density at radius 1 is 1.03 bits per heavy atom. The maximum absolute atomic E-state index is 13.2. The molecule has 170 valence electrons. The van der Waals surface area contributed by atoms with Gasteiger partial charge in [-0.1, -0.05) is 23.7 Å². The second-order valence-electron chi connectivity index (χ2n) is 7.93. The molecule has 2 N–H and O–H groups in total. The van der Waals surface area contributed by atoms with Crippen molar-refractivity contribution in [1.29, 1.82) is 0 Å². The molecule has 4 nitrogen and oxygen atoms in total. The fourth-order valence-electron chi connectivity index (χ4n) is 4.12. The van der Waals surface area contributed by atoms with Crippen LogP contribution in [0.2, 0.25) is 5.02 Å². The lowest BCUT2D eigenvalue weighted by Crippen LogP contribution is -2.06. The molecule has 0 aliphatic heterocycles. The summed E-state index contributed by atoms with van der Waals surface area (Å²) in [7, 11) is 0. The molecular formula is C27H25ClFNO3. The first-order valence-electron chi connectivity index (χ1n) is 10.9. The highest BCUT2D eigenvalue weighted by Gasteiger charge is 2.22. The van der Waals surface area contributed by atoms with Crippen LogP contribution in [0.5, 0.6) is 5.75 Å². The van der Waals surface area contributed by atoms with E-state index in [2.05, 4.69) is 0 Å². The van der Waals surface area contributed by atoms with Gasteiger partial charge < -0.3 is 15.2 Å². The number of carbonyl (C=O) groups excluding carboxylic acids is 1. The monoisotopic (exact) mass is 465 g/mol. The molecule has 0 aromatic heterocycles. The van der Waals surface area contributed by atoms with Gasteiger partial charge in [0.15, 0.2) is 0 Å². The van der Waals surface area contributed by atoms with E-state index in [4.69, 9.17) is 26.8 Å². The van der Waals surface area contributed by atoms with Crippen molar-refractivity contribution in [3.8, 4) is 5.75 Å². The number of ether oxygens (including phenoxy) is 2. The molecule has 0 saturated heterocycles. The first-order chi connectivity index (χ1) is 15.9. The summed E-state index contributed by atoms with van der Waals surface area (Å²) >= 11 is 6.35. The third-order valence-electron chi connectivity index (χ3n) is 5.61. The topological polar surface area (TPSA) is 61.5 Å². The number of benzene rings is 3. The molecule has 0 radical (unpaired) electrons. The average molecular weight is 466 g/mol. The summed E-state index contributed by atoms with van der Waals surface area (Å²) in [6.45, 7) is 2.38. The summed E-state index contributed by atoms with van der Waals surface area (Å²) in [4.78, 5) is 12.3. The smallest absolute Gasteiger partial charge is 0.338 e. The van der Waals surface area contributed by atoms with Crippen LogP contribution in [0.1, 0.15) is 53.2 Å². The van der Waals surface area contributed by atoms with Crippen molar-refractivity contribution >= 4 is 34.4 Å². The second-order valence-corrected chi connectivity index (χ2v) is 8.37. The lowest BCUT2D eigenvalue weighted by Gasteiger charge is -2.16. The standard InChI is InChI=1S/C27H25ClFNO3/c1-2-32-27(31)19-12-18(13-22(30)14-19)23-4-3-5-24(23)25-15-20(28)8-11-26(25)33-16-17-6-9-21(29)10-7-17/h6-15H,2-5,16,30H2,1H3. The largest absolute Gasteiger partial charge is 0.488 e. The number of anilines is 1. The minimum atomic E-state index is -0.391. The van der Waals surface area contributed by atoms with Crippen LogP contribution < -0.4 is 10.5 Å². The van der Waals surface area contributed by atoms with Gasteiger partial charge in [-0.05, 0) is 97.0 Å². The third-order valence-corrected chi connectivity index (χ3v) is 5.84. The Labute approximate surface area is 197 Å². The Morgan fingerprint density at radius 2 is 1.79 bits per heavy atom. The molecule has 4 rings (SSSR count). The zero-order chi connectivity index (χ0) is 23.4. The first kappa shape index (κ1) is 22.9. The van der Waals surface area contributed by atoms with E-state index in [1.807, 2.05) is 24.3 Å². The number of hydrogen-bond donors (Lipinski definition) is 1. The predicted molar refractivity (Wildman–Crippen MR) is 130 cm³/mol. The summed E-state index contributed by atoms with van der Waals surface area (Å²) in [5.74, 6) is 0.0286. The SMILES string of the molecule is CCOC(=O)c1cc(N)cc(C2=C(c3cc(Cl)ccc3OCc3ccc(F)cc3)CCC2)c1. The van der Waals surface area contributed by atoms with E-state index in [9.17, 15) is 9.18 Å². The molecule has 1 aliphatic carbocycles. The van der Waals surface area contributed by atoms with Gasteiger partial charge in [0.25, 0.3) is 0 Å². The van der Waals surface area contributed by atoms with E-state index in [0.29, 0.717) is 35.2 Å². The van der Waals surface area contributed by atoms with Gasteiger partial charge in [0.2, 0.25) is 0 Å². The molecule has 3 aromatic carbocycles. The van der Waals surface area contributed by atoms with E-state index < -0.39 is 5.97 Å². The van der Waals surface area contributed by atoms with Crippen LogP contribution in [-0.2, 0) is 11.3 Å². The number of allylic oxidation sites excluding steroid dienone is 2. The highest BCUT2D eigenvalue weighted by Crippen LogP contribution is 2.44. The predicted octanol–water partition coefficient (Wildman–Crippen LogP) is 6.91. The van der Waals surface area contributed by atoms with Gasteiger partial charge in [-0.15, -0.1) is 0 Å². The van der Waals surface area contributed by atoms with Crippen LogP contribution in [0.3, 0.4) is 0 Å². The molecule has 0 amide bonds. The number of rotatable bonds is 7. The molecule has 0 atom stereocenters. The summed E-state index contributed by atoms with van der Waals surface area (Å²) in [6, 6.07) is 17.1.